The number of hydrogen-bond donors (Lipinski definition) is 1. The highest BCUT2D eigenvalue weighted by Gasteiger charge is 2.34. The number of aromatic hydroxyl groups is 1. The van der Waals surface area contributed by atoms with Crippen molar-refractivity contribution in [1.82, 2.24) is 15.1 Å². The van der Waals surface area contributed by atoms with Crippen molar-refractivity contribution in [3.8, 4) is 17.0 Å². The molecule has 3 rings (SSSR count). The van der Waals surface area contributed by atoms with Gasteiger partial charge in [-0.1, -0.05) is 0 Å². The number of carbonyl (C=O) groups excluding carboxylic acids is 1. The number of aromatic nitrogens is 2. The number of phenols is 1. The lowest BCUT2D eigenvalue weighted by molar-refractivity contribution is -0.137. The van der Waals surface area contributed by atoms with E-state index in [1.54, 1.807) is 6.92 Å². The molecular weight excluding hydrogens is 371 g/mol. The van der Waals surface area contributed by atoms with Crippen LogP contribution in [-0.4, -0.2) is 40.1 Å². The third-order valence-electron chi connectivity index (χ3n) is 5.52. The Hall–Kier alpha value is -2.48. The third-order valence-corrected chi connectivity index (χ3v) is 5.52. The minimum atomic E-state index is -4.54. The second-order valence-corrected chi connectivity index (χ2v) is 7.28. The maximum Gasteiger partial charge on any atom is 0.416 e. The smallest absolute Gasteiger partial charge is 0.416 e. The van der Waals surface area contributed by atoms with Crippen LogP contribution in [0.2, 0.25) is 0 Å². The van der Waals surface area contributed by atoms with Gasteiger partial charge in [0.15, 0.2) is 0 Å². The lowest BCUT2D eigenvalue weighted by Gasteiger charge is -2.36. The normalized spacial score (nSPS) is 20.9. The summed E-state index contributed by atoms with van der Waals surface area (Å²) in [5, 5.41) is 18.7. The molecule has 2 heterocycles. The highest BCUT2D eigenvalue weighted by molar-refractivity contribution is 5.71. The third kappa shape index (κ3) is 3.61. The van der Waals surface area contributed by atoms with E-state index in [1.807, 2.05) is 14.0 Å². The lowest BCUT2D eigenvalue weighted by Crippen LogP contribution is -2.38. The molecule has 28 heavy (non-hydrogen) atoms. The van der Waals surface area contributed by atoms with Gasteiger partial charge in [-0.2, -0.15) is 18.3 Å². The van der Waals surface area contributed by atoms with E-state index in [9.17, 15) is 23.1 Å². The van der Waals surface area contributed by atoms with E-state index in [0.717, 1.165) is 37.3 Å². The van der Waals surface area contributed by atoms with Gasteiger partial charge in [0.1, 0.15) is 12.0 Å². The Kier molecular flexibility index (Phi) is 5.43. The molecule has 1 aliphatic rings. The van der Waals surface area contributed by atoms with Gasteiger partial charge in [0.2, 0.25) is 0 Å². The average molecular weight is 393 g/mol. The van der Waals surface area contributed by atoms with Crippen molar-refractivity contribution in [1.29, 1.82) is 0 Å². The summed E-state index contributed by atoms with van der Waals surface area (Å²) in [6.45, 7) is 4.49. The molecule has 2 aromatic rings. The topological polar surface area (TPSA) is 66.3 Å². The van der Waals surface area contributed by atoms with Crippen LogP contribution < -0.4 is 0 Å². The zero-order valence-electron chi connectivity index (χ0n) is 15.9. The first-order valence-electron chi connectivity index (χ1n) is 9.05. The first-order valence-corrected chi connectivity index (χ1v) is 9.05. The van der Waals surface area contributed by atoms with Gasteiger partial charge in [0.05, 0.1) is 23.0 Å². The molecule has 2 unspecified atom stereocenters. The molecular formula is C20H22F3N3O2. The monoisotopic (exact) mass is 393 g/mol. The number of likely N-dealkylation sites (tertiary alicyclic amines) is 1. The minimum Gasteiger partial charge on any atom is -0.507 e. The van der Waals surface area contributed by atoms with E-state index in [0.29, 0.717) is 23.0 Å². The van der Waals surface area contributed by atoms with Gasteiger partial charge in [-0.3, -0.25) is 4.90 Å². The number of aldehydes is 1. The highest BCUT2D eigenvalue weighted by atomic mass is 19.4. The number of piperidine rings is 1. The van der Waals surface area contributed by atoms with E-state index >= 15 is 0 Å². The van der Waals surface area contributed by atoms with E-state index < -0.39 is 17.5 Å². The summed E-state index contributed by atoms with van der Waals surface area (Å²) in [6.07, 6.45) is -1.88. The predicted octanol–water partition coefficient (Wildman–Crippen LogP) is 4.07. The van der Waals surface area contributed by atoms with Crippen LogP contribution in [0.4, 0.5) is 13.2 Å². The van der Waals surface area contributed by atoms with Crippen molar-refractivity contribution in [2.24, 2.45) is 5.92 Å². The average Bonchev–Trinajstić information content (AvgIpc) is 2.64. The van der Waals surface area contributed by atoms with Crippen LogP contribution in [-0.2, 0) is 11.0 Å². The van der Waals surface area contributed by atoms with Crippen LogP contribution in [0.1, 0.15) is 41.3 Å². The van der Waals surface area contributed by atoms with Crippen molar-refractivity contribution in [2.75, 3.05) is 13.6 Å². The number of benzene rings is 1. The largest absolute Gasteiger partial charge is 0.507 e. The molecule has 1 saturated heterocycles. The second-order valence-electron chi connectivity index (χ2n) is 7.28. The van der Waals surface area contributed by atoms with Gasteiger partial charge in [0.25, 0.3) is 0 Å². The van der Waals surface area contributed by atoms with Crippen molar-refractivity contribution in [3.63, 3.8) is 0 Å². The number of hydrogen-bond acceptors (Lipinski definition) is 5. The molecule has 1 aromatic heterocycles. The molecule has 5 nitrogen and oxygen atoms in total. The molecule has 1 aromatic carbocycles. The summed E-state index contributed by atoms with van der Waals surface area (Å²) < 4.78 is 38.5. The van der Waals surface area contributed by atoms with E-state index in [2.05, 4.69) is 15.1 Å². The molecule has 0 amide bonds. The molecule has 0 saturated carbocycles. The summed E-state index contributed by atoms with van der Waals surface area (Å²) in [5.41, 5.74) is 1.81. The number of nitrogens with zero attached hydrogens (tertiary/aromatic N) is 3. The van der Waals surface area contributed by atoms with Crippen molar-refractivity contribution >= 4 is 6.29 Å². The van der Waals surface area contributed by atoms with Crippen LogP contribution in [0.3, 0.4) is 0 Å². The first-order chi connectivity index (χ1) is 13.1. The molecule has 0 bridgehead atoms. The van der Waals surface area contributed by atoms with Crippen LogP contribution in [0.5, 0.6) is 5.75 Å². The van der Waals surface area contributed by atoms with Crippen molar-refractivity contribution < 1.29 is 23.1 Å². The first kappa shape index (κ1) is 20.3. The van der Waals surface area contributed by atoms with Crippen LogP contribution in [0.25, 0.3) is 11.3 Å². The quantitative estimate of drug-likeness (QED) is 0.797. The van der Waals surface area contributed by atoms with Gasteiger partial charge >= 0.3 is 6.18 Å². The highest BCUT2D eigenvalue weighted by Crippen LogP contribution is 2.39. The summed E-state index contributed by atoms with van der Waals surface area (Å²) in [5.74, 6) is -0.684. The van der Waals surface area contributed by atoms with Crippen molar-refractivity contribution in [2.45, 2.75) is 38.9 Å². The lowest BCUT2D eigenvalue weighted by atomic mass is 9.86. The van der Waals surface area contributed by atoms with Gasteiger partial charge < -0.3 is 9.90 Å². The molecule has 0 radical (unpaired) electrons. The van der Waals surface area contributed by atoms with Crippen LogP contribution >= 0.6 is 0 Å². The molecule has 150 valence electrons. The molecule has 2 atom stereocenters. The van der Waals surface area contributed by atoms with Gasteiger partial charge in [0, 0.05) is 11.5 Å². The van der Waals surface area contributed by atoms with Crippen LogP contribution in [0.15, 0.2) is 18.2 Å². The summed E-state index contributed by atoms with van der Waals surface area (Å²) in [7, 11) is 1.94. The summed E-state index contributed by atoms with van der Waals surface area (Å²) >= 11 is 0. The zero-order chi connectivity index (χ0) is 20.6. The number of carbonyl (C=O) groups is 1. The maximum atomic E-state index is 12.8. The summed E-state index contributed by atoms with van der Waals surface area (Å²) in [4.78, 5) is 13.6. The van der Waals surface area contributed by atoms with E-state index in [1.165, 1.54) is 6.07 Å². The SMILES string of the molecule is Cc1c(-c2ccc(C(F)(F)F)cc2O)nnc(C2C(C=O)CCCN2C)c1C. The number of rotatable bonds is 3. The van der Waals surface area contributed by atoms with Gasteiger partial charge in [-0.25, -0.2) is 0 Å². The Labute approximate surface area is 161 Å². The fourth-order valence-corrected chi connectivity index (χ4v) is 3.82. The molecule has 0 aliphatic carbocycles. The Morgan fingerprint density at radius 3 is 2.54 bits per heavy atom. The number of alkyl halides is 3. The molecule has 1 fully saturated rings. The van der Waals surface area contributed by atoms with Crippen molar-refractivity contribution in [3.05, 3.63) is 40.6 Å². The van der Waals surface area contributed by atoms with Gasteiger partial charge in [-0.05, 0) is 69.6 Å². The minimum absolute atomic E-state index is 0.184. The molecule has 0 spiro atoms. The Morgan fingerprint density at radius 1 is 1.21 bits per heavy atom. The Balaban J connectivity index is 2.05. The molecule has 8 heteroatoms. The van der Waals surface area contributed by atoms with E-state index in [-0.39, 0.29) is 17.5 Å². The summed E-state index contributed by atoms with van der Waals surface area (Å²) in [6, 6.07) is 2.62. The van der Waals surface area contributed by atoms with Crippen LogP contribution in [0, 0.1) is 19.8 Å². The second kappa shape index (κ2) is 7.50. The number of phenolic OH excluding ortho intramolecular Hbond substituents is 1. The Bertz CT molecular complexity index is 899. The Morgan fingerprint density at radius 2 is 1.93 bits per heavy atom. The molecule has 1 N–H and O–H groups in total. The maximum absolute atomic E-state index is 12.8. The number of halogens is 3. The standard InChI is InChI=1S/C20H22F3N3O2/c1-11-12(2)18(19-13(10-27)5-4-8-26(19)3)25-24-17(11)15-7-6-14(9-16(15)28)20(21,22)23/h6-7,9-10,13,19,28H,4-5,8H2,1-3H3. The fourth-order valence-electron chi connectivity index (χ4n) is 3.82. The van der Waals surface area contributed by atoms with E-state index in [4.69, 9.17) is 0 Å². The fraction of sp³-hybridized carbons (Fsp3) is 0.450. The predicted molar refractivity (Wildman–Crippen MR) is 97.8 cm³/mol. The zero-order valence-corrected chi connectivity index (χ0v) is 15.9. The molecule has 1 aliphatic heterocycles. The van der Waals surface area contributed by atoms with Gasteiger partial charge in [-0.15, -0.1) is 5.10 Å².